The molecule has 1 amide bonds. The minimum absolute atomic E-state index is 0.0791. The highest BCUT2D eigenvalue weighted by atomic mass is 35.5. The minimum Gasteiger partial charge on any atom is -0.486 e. The number of amides is 1. The monoisotopic (exact) mass is 352 g/mol. The highest BCUT2D eigenvalue weighted by molar-refractivity contribution is 7.13. The molecule has 0 bridgehead atoms. The van der Waals surface area contributed by atoms with E-state index < -0.39 is 0 Å². The number of nitrogens with one attached hydrogen (secondary N) is 1. The first-order valence-electron chi connectivity index (χ1n) is 7.48. The van der Waals surface area contributed by atoms with Crippen LogP contribution in [-0.4, -0.2) is 16.4 Å². The van der Waals surface area contributed by atoms with Crippen molar-refractivity contribution < 1.29 is 9.53 Å². The topological polar surface area (TPSA) is 51.2 Å². The Kier molecular flexibility index (Phi) is 5.65. The molecule has 0 aliphatic carbocycles. The van der Waals surface area contributed by atoms with Gasteiger partial charge in [0.05, 0.1) is 5.69 Å². The second-order valence-corrected chi connectivity index (χ2v) is 7.48. The number of hydrogen-bond acceptors (Lipinski definition) is 4. The van der Waals surface area contributed by atoms with Crippen LogP contribution in [0.4, 0.5) is 0 Å². The van der Waals surface area contributed by atoms with Crippen LogP contribution in [0.2, 0.25) is 5.02 Å². The van der Waals surface area contributed by atoms with Crippen LogP contribution in [0.5, 0.6) is 5.75 Å². The molecule has 1 aromatic heterocycles. The first-order chi connectivity index (χ1) is 10.8. The summed E-state index contributed by atoms with van der Waals surface area (Å²) in [7, 11) is 0. The van der Waals surface area contributed by atoms with Crippen LogP contribution in [0.25, 0.3) is 0 Å². The number of thiazole rings is 1. The molecule has 2 aromatic rings. The molecule has 124 valence electrons. The smallest absolute Gasteiger partial charge is 0.263 e. The summed E-state index contributed by atoms with van der Waals surface area (Å²) in [5, 5.41) is 4.47. The molecule has 0 spiro atoms. The van der Waals surface area contributed by atoms with Gasteiger partial charge in [0.1, 0.15) is 22.2 Å². The van der Waals surface area contributed by atoms with Gasteiger partial charge >= 0.3 is 0 Å². The van der Waals surface area contributed by atoms with Crippen molar-refractivity contribution in [1.29, 1.82) is 0 Å². The third-order valence-corrected chi connectivity index (χ3v) is 4.94. The lowest BCUT2D eigenvalue weighted by atomic mass is 10.0. The molecule has 6 heteroatoms. The standard InChI is InChI=1S/C17H21ClN2O2S/c1-5-17(3,4)20-16(21)15-11(2)19-14(23-15)10-22-13-8-6-12(18)7-9-13/h6-9H,5,10H2,1-4H3,(H,20,21). The van der Waals surface area contributed by atoms with Gasteiger partial charge < -0.3 is 10.1 Å². The molecule has 23 heavy (non-hydrogen) atoms. The number of ether oxygens (including phenoxy) is 1. The summed E-state index contributed by atoms with van der Waals surface area (Å²) in [4.78, 5) is 17.4. The van der Waals surface area contributed by atoms with Gasteiger partial charge in [-0.2, -0.15) is 0 Å². The number of hydrogen-bond donors (Lipinski definition) is 1. The van der Waals surface area contributed by atoms with Gasteiger partial charge in [0.2, 0.25) is 0 Å². The largest absolute Gasteiger partial charge is 0.486 e. The normalized spacial score (nSPS) is 11.3. The predicted molar refractivity (Wildman–Crippen MR) is 94.5 cm³/mol. The SMILES string of the molecule is CCC(C)(C)NC(=O)c1sc(COc2ccc(Cl)cc2)nc1C. The lowest BCUT2D eigenvalue weighted by Crippen LogP contribution is -2.42. The number of aryl methyl sites for hydroxylation is 1. The molecule has 0 radical (unpaired) electrons. The van der Waals surface area contributed by atoms with Crippen LogP contribution in [0, 0.1) is 6.92 Å². The average molecular weight is 353 g/mol. The first kappa shape index (κ1) is 17.8. The Morgan fingerprint density at radius 1 is 1.35 bits per heavy atom. The Bertz CT molecular complexity index is 680. The van der Waals surface area contributed by atoms with Gasteiger partial charge in [0.15, 0.2) is 0 Å². The van der Waals surface area contributed by atoms with Crippen LogP contribution >= 0.6 is 22.9 Å². The summed E-state index contributed by atoms with van der Waals surface area (Å²) in [5.41, 5.74) is 0.502. The molecule has 0 aliphatic rings. The van der Waals surface area contributed by atoms with Crippen molar-refractivity contribution in [3.63, 3.8) is 0 Å². The second kappa shape index (κ2) is 7.32. The number of nitrogens with zero attached hydrogens (tertiary/aromatic N) is 1. The van der Waals surface area contributed by atoms with E-state index in [0.29, 0.717) is 16.5 Å². The summed E-state index contributed by atoms with van der Waals surface area (Å²) < 4.78 is 5.67. The molecule has 4 nitrogen and oxygen atoms in total. The number of halogens is 1. The lowest BCUT2D eigenvalue weighted by molar-refractivity contribution is 0.0914. The van der Waals surface area contributed by atoms with Gasteiger partial charge in [-0.3, -0.25) is 4.79 Å². The molecule has 0 saturated carbocycles. The van der Waals surface area contributed by atoms with E-state index >= 15 is 0 Å². The lowest BCUT2D eigenvalue weighted by Gasteiger charge is -2.24. The number of benzene rings is 1. The van der Waals surface area contributed by atoms with Crippen LogP contribution in [0.3, 0.4) is 0 Å². The molecule has 0 unspecified atom stereocenters. The van der Waals surface area contributed by atoms with E-state index in [2.05, 4.69) is 10.3 Å². The van der Waals surface area contributed by atoms with Gasteiger partial charge in [0.25, 0.3) is 5.91 Å². The van der Waals surface area contributed by atoms with Crippen molar-refractivity contribution in [2.75, 3.05) is 0 Å². The highest BCUT2D eigenvalue weighted by Crippen LogP contribution is 2.22. The number of carbonyl (C=O) groups excluding carboxylic acids is 1. The van der Waals surface area contributed by atoms with Gasteiger partial charge in [0, 0.05) is 10.6 Å². The molecule has 1 heterocycles. The molecule has 0 fully saturated rings. The fourth-order valence-corrected chi connectivity index (χ4v) is 2.85. The van der Waals surface area contributed by atoms with E-state index in [0.717, 1.165) is 22.9 Å². The average Bonchev–Trinajstić information content (AvgIpc) is 2.87. The van der Waals surface area contributed by atoms with Crippen molar-refractivity contribution in [3.05, 3.63) is 44.9 Å². The number of carbonyl (C=O) groups is 1. The fourth-order valence-electron chi connectivity index (χ4n) is 1.85. The maximum absolute atomic E-state index is 12.4. The third kappa shape index (κ3) is 4.94. The Balaban J connectivity index is 2.03. The first-order valence-corrected chi connectivity index (χ1v) is 8.67. The molecular formula is C17H21ClN2O2S. The number of rotatable bonds is 6. The van der Waals surface area contributed by atoms with Crippen molar-refractivity contribution in [1.82, 2.24) is 10.3 Å². The summed E-state index contributed by atoms with van der Waals surface area (Å²) >= 11 is 7.21. The van der Waals surface area contributed by atoms with Gasteiger partial charge in [-0.15, -0.1) is 11.3 Å². The van der Waals surface area contributed by atoms with E-state index in [-0.39, 0.29) is 11.4 Å². The van der Waals surface area contributed by atoms with E-state index in [9.17, 15) is 4.79 Å². The van der Waals surface area contributed by atoms with Gasteiger partial charge in [-0.05, 0) is 51.5 Å². The number of aromatic nitrogens is 1. The summed E-state index contributed by atoms with van der Waals surface area (Å²) in [5.74, 6) is 0.643. The highest BCUT2D eigenvalue weighted by Gasteiger charge is 2.22. The van der Waals surface area contributed by atoms with Crippen LogP contribution in [0.1, 0.15) is 47.6 Å². The van der Waals surface area contributed by atoms with Gasteiger partial charge in [-0.1, -0.05) is 18.5 Å². The van der Waals surface area contributed by atoms with Crippen LogP contribution in [0.15, 0.2) is 24.3 Å². The summed E-state index contributed by atoms with van der Waals surface area (Å²) in [6.07, 6.45) is 0.864. The molecule has 1 N–H and O–H groups in total. The zero-order chi connectivity index (χ0) is 17.0. The zero-order valence-electron chi connectivity index (χ0n) is 13.8. The van der Waals surface area contributed by atoms with Crippen molar-refractivity contribution in [2.45, 2.75) is 46.3 Å². The summed E-state index contributed by atoms with van der Waals surface area (Å²) in [6.45, 7) is 8.23. The Morgan fingerprint density at radius 3 is 2.61 bits per heavy atom. The van der Waals surface area contributed by atoms with E-state index in [1.54, 1.807) is 24.3 Å². The zero-order valence-corrected chi connectivity index (χ0v) is 15.3. The van der Waals surface area contributed by atoms with Crippen LogP contribution in [-0.2, 0) is 6.61 Å². The molecule has 2 rings (SSSR count). The molecule has 0 saturated heterocycles. The Labute approximate surface area is 145 Å². The van der Waals surface area contributed by atoms with Crippen molar-refractivity contribution in [3.8, 4) is 5.75 Å². The van der Waals surface area contributed by atoms with E-state index in [1.807, 2.05) is 27.7 Å². The van der Waals surface area contributed by atoms with Crippen molar-refractivity contribution >= 4 is 28.8 Å². The second-order valence-electron chi connectivity index (χ2n) is 5.96. The molecule has 0 aliphatic heterocycles. The van der Waals surface area contributed by atoms with E-state index in [4.69, 9.17) is 16.3 Å². The predicted octanol–water partition coefficient (Wildman–Crippen LogP) is 4.60. The molecular weight excluding hydrogens is 332 g/mol. The molecule has 1 aromatic carbocycles. The maximum atomic E-state index is 12.4. The molecule has 0 atom stereocenters. The van der Waals surface area contributed by atoms with Gasteiger partial charge in [-0.25, -0.2) is 4.98 Å². The Hall–Kier alpha value is -1.59. The third-order valence-electron chi connectivity index (χ3n) is 3.56. The van der Waals surface area contributed by atoms with Crippen LogP contribution < -0.4 is 10.1 Å². The fraction of sp³-hybridized carbons (Fsp3) is 0.412. The maximum Gasteiger partial charge on any atom is 0.263 e. The minimum atomic E-state index is -0.229. The Morgan fingerprint density at radius 2 is 2.00 bits per heavy atom. The summed E-state index contributed by atoms with van der Waals surface area (Å²) in [6, 6.07) is 7.16. The van der Waals surface area contributed by atoms with Crippen molar-refractivity contribution in [2.24, 2.45) is 0 Å². The quantitative estimate of drug-likeness (QED) is 0.826. The van der Waals surface area contributed by atoms with E-state index in [1.165, 1.54) is 11.3 Å².